The van der Waals surface area contributed by atoms with E-state index in [-0.39, 0.29) is 23.7 Å². The van der Waals surface area contributed by atoms with Gasteiger partial charge >= 0.3 is 5.63 Å². The number of ketones is 1. The highest BCUT2D eigenvalue weighted by Crippen LogP contribution is 2.13. The van der Waals surface area contributed by atoms with Crippen LogP contribution in [0.4, 0.5) is 0 Å². The Morgan fingerprint density at radius 1 is 1.30 bits per heavy atom. The molecule has 0 spiro atoms. The van der Waals surface area contributed by atoms with Gasteiger partial charge in [0.25, 0.3) is 0 Å². The van der Waals surface area contributed by atoms with E-state index in [1.54, 1.807) is 24.3 Å². The van der Waals surface area contributed by atoms with Crippen LogP contribution in [0.3, 0.4) is 0 Å². The number of furan rings is 1. The number of aryl methyl sites for hydroxylation is 1. The van der Waals surface area contributed by atoms with E-state index in [4.69, 9.17) is 8.83 Å². The van der Waals surface area contributed by atoms with Crippen LogP contribution in [0.2, 0.25) is 0 Å². The second-order valence-electron chi connectivity index (χ2n) is 4.50. The number of fused-ring (bicyclic) bond motifs is 1. The monoisotopic (exact) mass is 269 g/mol. The zero-order chi connectivity index (χ0) is 14.1. The molecule has 20 heavy (non-hydrogen) atoms. The Morgan fingerprint density at radius 2 is 2.15 bits per heavy atom. The largest absolute Gasteiger partial charge is 0.461 e. The Balaban J connectivity index is 2.01. The van der Waals surface area contributed by atoms with E-state index in [0.29, 0.717) is 11.1 Å². The normalized spacial score (nSPS) is 10.8. The van der Waals surface area contributed by atoms with Crippen molar-refractivity contribution in [1.29, 1.82) is 0 Å². The number of aromatic nitrogens is 1. The first-order chi connectivity index (χ1) is 9.63. The predicted octanol–water partition coefficient (Wildman–Crippen LogP) is 2.51. The van der Waals surface area contributed by atoms with Gasteiger partial charge in [-0.15, -0.1) is 0 Å². The molecule has 0 unspecified atom stereocenters. The van der Waals surface area contributed by atoms with Crippen molar-refractivity contribution in [1.82, 2.24) is 4.98 Å². The number of carbonyl (C=O) groups excluding carboxylic acids is 1. The van der Waals surface area contributed by atoms with Crippen LogP contribution in [0.15, 0.2) is 50.2 Å². The van der Waals surface area contributed by atoms with Gasteiger partial charge in [0.15, 0.2) is 11.3 Å². The Morgan fingerprint density at radius 3 is 2.90 bits per heavy atom. The third-order valence-corrected chi connectivity index (χ3v) is 2.93. The average molecular weight is 269 g/mol. The molecule has 3 aromatic rings. The van der Waals surface area contributed by atoms with Gasteiger partial charge in [-0.3, -0.25) is 4.79 Å². The lowest BCUT2D eigenvalue weighted by Crippen LogP contribution is -2.15. The predicted molar refractivity (Wildman–Crippen MR) is 71.8 cm³/mol. The number of carbonyl (C=O) groups is 1. The summed E-state index contributed by atoms with van der Waals surface area (Å²) in [5, 5.41) is 0. The Labute approximate surface area is 113 Å². The van der Waals surface area contributed by atoms with Gasteiger partial charge in [-0.1, -0.05) is 6.07 Å². The first-order valence-electron chi connectivity index (χ1n) is 6.10. The van der Waals surface area contributed by atoms with Gasteiger partial charge in [0.2, 0.25) is 5.78 Å². The maximum Gasteiger partial charge on any atom is 0.358 e. The van der Waals surface area contributed by atoms with Crippen molar-refractivity contribution >= 4 is 16.9 Å². The molecule has 3 rings (SSSR count). The van der Waals surface area contributed by atoms with Gasteiger partial charge in [0, 0.05) is 0 Å². The SMILES string of the molecule is Cc1ccc2oc(=O)c(CC(=O)c3ccco3)nc2c1. The van der Waals surface area contributed by atoms with E-state index in [0.717, 1.165) is 5.56 Å². The second-order valence-corrected chi connectivity index (χ2v) is 4.50. The molecule has 5 heteroatoms. The van der Waals surface area contributed by atoms with Gasteiger partial charge in [-0.05, 0) is 36.8 Å². The fourth-order valence-electron chi connectivity index (χ4n) is 1.94. The van der Waals surface area contributed by atoms with E-state index in [9.17, 15) is 9.59 Å². The first-order valence-corrected chi connectivity index (χ1v) is 6.10. The summed E-state index contributed by atoms with van der Waals surface area (Å²) >= 11 is 0. The summed E-state index contributed by atoms with van der Waals surface area (Å²) in [6.45, 7) is 1.92. The third kappa shape index (κ3) is 2.25. The Hall–Kier alpha value is -2.69. The summed E-state index contributed by atoms with van der Waals surface area (Å²) in [6, 6.07) is 8.50. The van der Waals surface area contributed by atoms with Crippen LogP contribution in [0, 0.1) is 6.92 Å². The smallest absolute Gasteiger partial charge is 0.358 e. The molecule has 0 atom stereocenters. The van der Waals surface area contributed by atoms with Crippen molar-refractivity contribution < 1.29 is 13.6 Å². The van der Waals surface area contributed by atoms with Crippen LogP contribution in [0.1, 0.15) is 21.8 Å². The van der Waals surface area contributed by atoms with Crippen molar-refractivity contribution in [3.05, 3.63) is 64.0 Å². The molecule has 0 bridgehead atoms. The zero-order valence-electron chi connectivity index (χ0n) is 10.8. The minimum atomic E-state index is -0.596. The molecule has 0 fully saturated rings. The second kappa shape index (κ2) is 4.77. The molecule has 0 saturated heterocycles. The van der Waals surface area contributed by atoms with Gasteiger partial charge < -0.3 is 8.83 Å². The number of benzene rings is 1. The van der Waals surface area contributed by atoms with E-state index < -0.39 is 5.63 Å². The highest BCUT2D eigenvalue weighted by Gasteiger charge is 2.15. The van der Waals surface area contributed by atoms with Crippen molar-refractivity contribution in [3.8, 4) is 0 Å². The summed E-state index contributed by atoms with van der Waals surface area (Å²) in [4.78, 5) is 27.9. The van der Waals surface area contributed by atoms with Gasteiger partial charge in [-0.2, -0.15) is 0 Å². The van der Waals surface area contributed by atoms with Crippen LogP contribution in [0.5, 0.6) is 0 Å². The summed E-state index contributed by atoms with van der Waals surface area (Å²) in [6.07, 6.45) is 1.27. The molecule has 2 aromatic heterocycles. The highest BCUT2D eigenvalue weighted by atomic mass is 16.4. The van der Waals surface area contributed by atoms with Crippen LogP contribution in [0.25, 0.3) is 11.1 Å². The summed E-state index contributed by atoms with van der Waals surface area (Å²) in [7, 11) is 0. The summed E-state index contributed by atoms with van der Waals surface area (Å²) in [5.41, 5.74) is 1.47. The molecule has 2 heterocycles. The number of Topliss-reactive ketones (excluding diaryl/α,β-unsaturated/α-hetero) is 1. The summed E-state index contributed by atoms with van der Waals surface area (Å²) < 4.78 is 10.2. The zero-order valence-corrected chi connectivity index (χ0v) is 10.8. The van der Waals surface area contributed by atoms with Crippen molar-refractivity contribution in [3.63, 3.8) is 0 Å². The van der Waals surface area contributed by atoms with Gasteiger partial charge in [0.1, 0.15) is 11.2 Å². The van der Waals surface area contributed by atoms with Crippen LogP contribution < -0.4 is 5.63 Å². The van der Waals surface area contributed by atoms with E-state index >= 15 is 0 Å². The number of nitrogens with zero attached hydrogens (tertiary/aromatic N) is 1. The van der Waals surface area contributed by atoms with Gasteiger partial charge in [0.05, 0.1) is 12.7 Å². The topological polar surface area (TPSA) is 73.3 Å². The third-order valence-electron chi connectivity index (χ3n) is 2.93. The molecular formula is C15H11NO4. The number of hydrogen-bond donors (Lipinski definition) is 0. The fourth-order valence-corrected chi connectivity index (χ4v) is 1.94. The van der Waals surface area contributed by atoms with Crippen LogP contribution in [-0.4, -0.2) is 10.8 Å². The molecule has 1 aromatic carbocycles. The quantitative estimate of drug-likeness (QED) is 0.683. The Bertz CT molecular complexity index is 831. The molecule has 0 aliphatic carbocycles. The summed E-state index contributed by atoms with van der Waals surface area (Å²) in [5.74, 6) is -0.0997. The lowest BCUT2D eigenvalue weighted by molar-refractivity contribution is 0.0964. The number of hydrogen-bond acceptors (Lipinski definition) is 5. The van der Waals surface area contributed by atoms with E-state index in [2.05, 4.69) is 4.98 Å². The minimum Gasteiger partial charge on any atom is -0.461 e. The Kier molecular flexibility index (Phi) is 2.95. The molecule has 0 amide bonds. The minimum absolute atomic E-state index is 0.0875. The van der Waals surface area contributed by atoms with Crippen LogP contribution >= 0.6 is 0 Å². The maximum absolute atomic E-state index is 11.9. The van der Waals surface area contributed by atoms with Gasteiger partial charge in [-0.25, -0.2) is 9.78 Å². The van der Waals surface area contributed by atoms with E-state index in [1.807, 2.05) is 13.0 Å². The molecule has 5 nitrogen and oxygen atoms in total. The van der Waals surface area contributed by atoms with Crippen LogP contribution in [-0.2, 0) is 6.42 Å². The number of rotatable bonds is 3. The molecular weight excluding hydrogens is 258 g/mol. The maximum atomic E-state index is 11.9. The van der Waals surface area contributed by atoms with Crippen molar-refractivity contribution in [2.24, 2.45) is 0 Å². The lowest BCUT2D eigenvalue weighted by Gasteiger charge is -2.01. The van der Waals surface area contributed by atoms with E-state index in [1.165, 1.54) is 6.26 Å². The lowest BCUT2D eigenvalue weighted by atomic mass is 10.2. The molecule has 0 N–H and O–H groups in total. The fraction of sp³-hybridized carbons (Fsp3) is 0.133. The molecule has 0 aliphatic rings. The molecule has 0 saturated carbocycles. The standard InChI is InChI=1S/C15H11NO4/c1-9-4-5-13-10(7-9)16-11(15(18)20-13)8-12(17)14-3-2-6-19-14/h2-7H,8H2,1H3. The molecule has 0 aliphatic heterocycles. The van der Waals surface area contributed by atoms with Crippen molar-refractivity contribution in [2.75, 3.05) is 0 Å². The molecule has 0 radical (unpaired) electrons. The molecule has 100 valence electrons. The average Bonchev–Trinajstić information content (AvgIpc) is 2.94. The first kappa shape index (κ1) is 12.3. The van der Waals surface area contributed by atoms with Crippen molar-refractivity contribution in [2.45, 2.75) is 13.3 Å². The highest BCUT2D eigenvalue weighted by molar-refractivity contribution is 5.94.